The number of hydrogen-bond acceptors (Lipinski definition) is 2. The molecule has 1 aromatic rings. The Balaban J connectivity index is 0.000000720. The highest BCUT2D eigenvalue weighted by molar-refractivity contribution is 6.30. The molecular weight excluding hydrogens is 197 g/mol. The lowest BCUT2D eigenvalue weighted by molar-refractivity contribution is 0.333. The van der Waals surface area contributed by atoms with Crippen LogP contribution in [0.25, 0.3) is 0 Å². The highest BCUT2D eigenvalue weighted by Gasteiger charge is 2.19. The standard InChI is InChI=1S/C8H8ClNO.ClH/c9-5-1-2-8-6(3-5)7(10)4-11-8;/h1-3,7H,4,10H2;1H. The molecule has 0 aromatic heterocycles. The van der Waals surface area contributed by atoms with Gasteiger partial charge < -0.3 is 10.5 Å². The Kier molecular flexibility index (Phi) is 2.83. The van der Waals surface area contributed by atoms with Gasteiger partial charge in [0.05, 0.1) is 6.04 Å². The van der Waals surface area contributed by atoms with Crippen molar-refractivity contribution in [3.05, 3.63) is 28.8 Å². The Morgan fingerprint density at radius 2 is 2.25 bits per heavy atom. The topological polar surface area (TPSA) is 35.2 Å². The van der Waals surface area contributed by atoms with Gasteiger partial charge in [0, 0.05) is 10.6 Å². The summed E-state index contributed by atoms with van der Waals surface area (Å²) in [5.74, 6) is 0.863. The summed E-state index contributed by atoms with van der Waals surface area (Å²) in [6.07, 6.45) is 0. The molecule has 0 spiro atoms. The van der Waals surface area contributed by atoms with E-state index in [1.54, 1.807) is 6.07 Å². The summed E-state index contributed by atoms with van der Waals surface area (Å²) in [6, 6.07) is 5.50. The van der Waals surface area contributed by atoms with Gasteiger partial charge in [-0.25, -0.2) is 0 Å². The van der Waals surface area contributed by atoms with Crippen LogP contribution in [-0.4, -0.2) is 6.61 Å². The molecular formula is C8H9Cl2NO. The van der Waals surface area contributed by atoms with Crippen molar-refractivity contribution >= 4 is 24.0 Å². The van der Waals surface area contributed by atoms with Crippen LogP contribution in [0.5, 0.6) is 5.75 Å². The highest BCUT2D eigenvalue weighted by atomic mass is 35.5. The quantitative estimate of drug-likeness (QED) is 0.705. The SMILES string of the molecule is Cl.NC1COc2ccc(Cl)cc21. The Morgan fingerprint density at radius 1 is 1.50 bits per heavy atom. The molecule has 0 fully saturated rings. The number of rotatable bonds is 0. The minimum atomic E-state index is -0.0105. The molecule has 1 aliphatic rings. The first-order valence-electron chi connectivity index (χ1n) is 3.45. The smallest absolute Gasteiger partial charge is 0.124 e. The average molecular weight is 206 g/mol. The average Bonchev–Trinajstić information content (AvgIpc) is 2.33. The van der Waals surface area contributed by atoms with E-state index < -0.39 is 0 Å². The van der Waals surface area contributed by atoms with Crippen molar-refractivity contribution in [3.63, 3.8) is 0 Å². The summed E-state index contributed by atoms with van der Waals surface area (Å²) in [5.41, 5.74) is 6.74. The van der Waals surface area contributed by atoms with Gasteiger partial charge in [0.15, 0.2) is 0 Å². The van der Waals surface area contributed by atoms with Crippen molar-refractivity contribution < 1.29 is 4.74 Å². The molecule has 1 heterocycles. The lowest BCUT2D eigenvalue weighted by Gasteiger charge is -1.99. The molecule has 0 saturated carbocycles. The van der Waals surface area contributed by atoms with Gasteiger partial charge in [0.1, 0.15) is 12.4 Å². The maximum absolute atomic E-state index is 5.78. The molecule has 1 aliphatic heterocycles. The van der Waals surface area contributed by atoms with E-state index in [2.05, 4.69) is 0 Å². The molecule has 0 bridgehead atoms. The van der Waals surface area contributed by atoms with Gasteiger partial charge in [0.2, 0.25) is 0 Å². The molecule has 1 unspecified atom stereocenters. The van der Waals surface area contributed by atoms with Crippen molar-refractivity contribution in [2.24, 2.45) is 5.73 Å². The molecule has 0 amide bonds. The first-order valence-corrected chi connectivity index (χ1v) is 3.83. The van der Waals surface area contributed by atoms with Crippen molar-refractivity contribution in [1.29, 1.82) is 0 Å². The molecule has 2 nitrogen and oxygen atoms in total. The van der Waals surface area contributed by atoms with Crippen LogP contribution in [0.2, 0.25) is 5.02 Å². The molecule has 1 aromatic carbocycles. The van der Waals surface area contributed by atoms with E-state index in [0.29, 0.717) is 11.6 Å². The van der Waals surface area contributed by atoms with E-state index in [1.165, 1.54) is 0 Å². The fourth-order valence-electron chi connectivity index (χ4n) is 1.21. The van der Waals surface area contributed by atoms with E-state index in [9.17, 15) is 0 Å². The summed E-state index contributed by atoms with van der Waals surface area (Å²) in [6.45, 7) is 0.565. The third-order valence-electron chi connectivity index (χ3n) is 1.79. The van der Waals surface area contributed by atoms with Crippen LogP contribution in [0.15, 0.2) is 18.2 Å². The normalized spacial score (nSPS) is 19.3. The molecule has 0 radical (unpaired) electrons. The van der Waals surface area contributed by atoms with Crippen LogP contribution in [0.3, 0.4) is 0 Å². The second-order valence-corrected chi connectivity index (χ2v) is 3.04. The molecule has 1 atom stereocenters. The number of ether oxygens (including phenoxy) is 1. The fraction of sp³-hybridized carbons (Fsp3) is 0.250. The van der Waals surface area contributed by atoms with E-state index in [1.807, 2.05) is 12.1 Å². The number of nitrogens with two attached hydrogens (primary N) is 1. The monoisotopic (exact) mass is 205 g/mol. The highest BCUT2D eigenvalue weighted by Crippen LogP contribution is 2.32. The van der Waals surface area contributed by atoms with Gasteiger partial charge in [-0.15, -0.1) is 12.4 Å². The van der Waals surface area contributed by atoms with Crippen LogP contribution < -0.4 is 10.5 Å². The minimum absolute atomic E-state index is 0. The molecule has 4 heteroatoms. The fourth-order valence-corrected chi connectivity index (χ4v) is 1.39. The maximum atomic E-state index is 5.78. The van der Waals surface area contributed by atoms with Gasteiger partial charge in [-0.1, -0.05) is 11.6 Å². The molecule has 0 aliphatic carbocycles. The second kappa shape index (κ2) is 3.52. The summed E-state index contributed by atoms with van der Waals surface area (Å²) >= 11 is 5.78. The number of hydrogen-bond donors (Lipinski definition) is 1. The Bertz CT molecular complexity index is 290. The first-order chi connectivity index (χ1) is 5.27. The number of halogens is 2. The van der Waals surface area contributed by atoms with Crippen molar-refractivity contribution in [1.82, 2.24) is 0 Å². The van der Waals surface area contributed by atoms with E-state index in [-0.39, 0.29) is 18.4 Å². The lowest BCUT2D eigenvalue weighted by Crippen LogP contribution is -2.10. The molecule has 66 valence electrons. The number of fused-ring (bicyclic) bond motifs is 1. The third kappa shape index (κ3) is 1.51. The van der Waals surface area contributed by atoms with Crippen LogP contribution in [0.4, 0.5) is 0 Å². The largest absolute Gasteiger partial charge is 0.491 e. The predicted octanol–water partition coefficient (Wildman–Crippen LogP) is 2.15. The van der Waals surface area contributed by atoms with Crippen molar-refractivity contribution in [3.8, 4) is 5.75 Å². The molecule has 12 heavy (non-hydrogen) atoms. The van der Waals surface area contributed by atoms with Gasteiger partial charge in [0.25, 0.3) is 0 Å². The Hall–Kier alpha value is -0.440. The Morgan fingerprint density at radius 3 is 3.00 bits per heavy atom. The zero-order valence-corrected chi connectivity index (χ0v) is 7.86. The summed E-state index contributed by atoms with van der Waals surface area (Å²) in [4.78, 5) is 0. The predicted molar refractivity (Wildman–Crippen MR) is 51.1 cm³/mol. The van der Waals surface area contributed by atoms with Gasteiger partial charge in [-0.2, -0.15) is 0 Å². The van der Waals surface area contributed by atoms with Crippen molar-refractivity contribution in [2.45, 2.75) is 6.04 Å². The van der Waals surface area contributed by atoms with E-state index in [4.69, 9.17) is 22.1 Å². The summed E-state index contributed by atoms with van der Waals surface area (Å²) in [7, 11) is 0. The van der Waals surface area contributed by atoms with E-state index >= 15 is 0 Å². The third-order valence-corrected chi connectivity index (χ3v) is 2.02. The van der Waals surface area contributed by atoms with Crippen LogP contribution in [0, 0.1) is 0 Å². The first kappa shape index (κ1) is 9.65. The Labute approximate surface area is 82.1 Å². The van der Waals surface area contributed by atoms with Crippen molar-refractivity contribution in [2.75, 3.05) is 6.61 Å². The van der Waals surface area contributed by atoms with Gasteiger partial charge in [-0.05, 0) is 18.2 Å². The molecule has 2 rings (SSSR count). The second-order valence-electron chi connectivity index (χ2n) is 2.60. The van der Waals surface area contributed by atoms with Crippen LogP contribution in [-0.2, 0) is 0 Å². The number of benzene rings is 1. The lowest BCUT2D eigenvalue weighted by atomic mass is 10.1. The minimum Gasteiger partial charge on any atom is -0.491 e. The maximum Gasteiger partial charge on any atom is 0.124 e. The summed E-state index contributed by atoms with van der Waals surface area (Å²) < 4.78 is 5.28. The van der Waals surface area contributed by atoms with Gasteiger partial charge >= 0.3 is 0 Å². The molecule has 0 saturated heterocycles. The zero-order chi connectivity index (χ0) is 7.84. The van der Waals surface area contributed by atoms with Crippen LogP contribution in [0.1, 0.15) is 11.6 Å². The summed E-state index contributed by atoms with van der Waals surface area (Å²) in [5, 5.41) is 0.713. The van der Waals surface area contributed by atoms with Crippen LogP contribution >= 0.6 is 24.0 Å². The van der Waals surface area contributed by atoms with Gasteiger partial charge in [-0.3, -0.25) is 0 Å². The molecule has 2 N–H and O–H groups in total. The zero-order valence-electron chi connectivity index (χ0n) is 6.29. The van der Waals surface area contributed by atoms with E-state index in [0.717, 1.165) is 11.3 Å².